The number of hydrogen-bond acceptors (Lipinski definition) is 3. The van der Waals surface area contributed by atoms with Crippen molar-refractivity contribution >= 4 is 5.91 Å². The molecule has 1 aliphatic heterocycles. The maximum atomic E-state index is 12.8. The third kappa shape index (κ3) is 3.34. The molecule has 2 aliphatic rings. The fourth-order valence-electron chi connectivity index (χ4n) is 3.85. The van der Waals surface area contributed by atoms with E-state index < -0.39 is 0 Å². The zero-order valence-corrected chi connectivity index (χ0v) is 13.5. The maximum absolute atomic E-state index is 12.8. The van der Waals surface area contributed by atoms with Crippen molar-refractivity contribution in [2.24, 2.45) is 23.5 Å². The molecule has 1 amide bonds. The Labute approximate surface area is 123 Å². The highest BCUT2D eigenvalue weighted by molar-refractivity contribution is 5.79. The molecule has 1 heterocycles. The lowest BCUT2D eigenvalue weighted by molar-refractivity contribution is -0.140. The molecule has 2 rings (SSSR count). The highest BCUT2D eigenvalue weighted by Crippen LogP contribution is 2.34. The Morgan fingerprint density at radius 2 is 1.75 bits per heavy atom. The van der Waals surface area contributed by atoms with Gasteiger partial charge in [0.1, 0.15) is 0 Å². The van der Waals surface area contributed by atoms with E-state index >= 15 is 0 Å². The van der Waals surface area contributed by atoms with E-state index in [1.807, 2.05) is 11.9 Å². The first-order valence-electron chi connectivity index (χ1n) is 8.11. The first-order valence-corrected chi connectivity index (χ1v) is 8.11. The molecule has 1 saturated heterocycles. The molecular formula is C16H31N3O. The van der Waals surface area contributed by atoms with Crippen LogP contribution in [0.3, 0.4) is 0 Å². The van der Waals surface area contributed by atoms with Crippen molar-refractivity contribution in [3.63, 3.8) is 0 Å². The second kappa shape index (κ2) is 6.44. The summed E-state index contributed by atoms with van der Waals surface area (Å²) in [6.07, 6.45) is 4.14. The number of carbonyl (C=O) groups excluding carboxylic acids is 1. The van der Waals surface area contributed by atoms with E-state index in [2.05, 4.69) is 25.8 Å². The number of carbonyl (C=O) groups is 1. The molecule has 0 radical (unpaired) electrons. The van der Waals surface area contributed by atoms with Crippen molar-refractivity contribution < 1.29 is 4.79 Å². The monoisotopic (exact) mass is 281 g/mol. The number of nitrogens with zero attached hydrogens (tertiary/aromatic N) is 2. The molecule has 20 heavy (non-hydrogen) atoms. The van der Waals surface area contributed by atoms with Crippen LogP contribution in [-0.4, -0.2) is 55.0 Å². The Balaban J connectivity index is 1.96. The van der Waals surface area contributed by atoms with Gasteiger partial charge < -0.3 is 15.5 Å². The molecule has 0 bridgehead atoms. The summed E-state index contributed by atoms with van der Waals surface area (Å²) in [7, 11) is 4.15. The van der Waals surface area contributed by atoms with Gasteiger partial charge in [0.15, 0.2) is 0 Å². The third-order valence-electron chi connectivity index (χ3n) is 5.59. The second-order valence-corrected chi connectivity index (χ2v) is 7.18. The van der Waals surface area contributed by atoms with Crippen LogP contribution in [0.25, 0.3) is 0 Å². The summed E-state index contributed by atoms with van der Waals surface area (Å²) < 4.78 is 0. The average Bonchev–Trinajstić information content (AvgIpc) is 2.42. The van der Waals surface area contributed by atoms with Crippen molar-refractivity contribution in [3.05, 3.63) is 0 Å². The van der Waals surface area contributed by atoms with Gasteiger partial charge in [0.2, 0.25) is 5.91 Å². The standard InChI is InChI=1S/C16H31N3O/c1-11-9-12(2)15(17)10-14(11)16(20)19(4)13-5-7-18(3)8-6-13/h11-15H,5-10,17H2,1-4H3. The highest BCUT2D eigenvalue weighted by atomic mass is 16.2. The Morgan fingerprint density at radius 3 is 2.35 bits per heavy atom. The largest absolute Gasteiger partial charge is 0.342 e. The topological polar surface area (TPSA) is 49.6 Å². The maximum Gasteiger partial charge on any atom is 0.226 e. The number of amides is 1. The van der Waals surface area contributed by atoms with E-state index in [1.165, 1.54) is 0 Å². The van der Waals surface area contributed by atoms with Crippen molar-refractivity contribution in [2.75, 3.05) is 27.2 Å². The predicted molar refractivity (Wildman–Crippen MR) is 82.3 cm³/mol. The Kier molecular flexibility index (Phi) is 5.08. The molecule has 4 unspecified atom stereocenters. The summed E-state index contributed by atoms with van der Waals surface area (Å²) >= 11 is 0. The minimum absolute atomic E-state index is 0.130. The second-order valence-electron chi connectivity index (χ2n) is 7.18. The van der Waals surface area contributed by atoms with Crippen LogP contribution in [0.1, 0.15) is 39.5 Å². The molecule has 1 aliphatic carbocycles. The zero-order valence-electron chi connectivity index (χ0n) is 13.5. The summed E-state index contributed by atoms with van der Waals surface area (Å²) in [5.41, 5.74) is 6.19. The van der Waals surface area contributed by atoms with Gasteiger partial charge in [0, 0.05) is 25.0 Å². The summed E-state index contributed by atoms with van der Waals surface area (Å²) in [6.45, 7) is 6.62. The van der Waals surface area contributed by atoms with Gasteiger partial charge in [-0.3, -0.25) is 4.79 Å². The van der Waals surface area contributed by atoms with E-state index in [9.17, 15) is 4.79 Å². The molecule has 0 aromatic carbocycles. The predicted octanol–water partition coefficient (Wildman–Crippen LogP) is 1.55. The Hall–Kier alpha value is -0.610. The van der Waals surface area contributed by atoms with Crippen molar-refractivity contribution in [2.45, 2.75) is 51.6 Å². The van der Waals surface area contributed by atoms with E-state index in [4.69, 9.17) is 5.73 Å². The summed E-state index contributed by atoms with van der Waals surface area (Å²) in [5.74, 6) is 1.47. The third-order valence-corrected chi connectivity index (χ3v) is 5.59. The lowest BCUT2D eigenvalue weighted by atomic mass is 9.72. The van der Waals surface area contributed by atoms with E-state index in [-0.39, 0.29) is 12.0 Å². The van der Waals surface area contributed by atoms with Crippen LogP contribution in [0, 0.1) is 17.8 Å². The normalized spacial score (nSPS) is 36.9. The number of nitrogens with two attached hydrogens (primary N) is 1. The van der Waals surface area contributed by atoms with Crippen LogP contribution in [0.15, 0.2) is 0 Å². The Bertz CT molecular complexity index is 339. The van der Waals surface area contributed by atoms with E-state index in [0.29, 0.717) is 23.8 Å². The van der Waals surface area contributed by atoms with Gasteiger partial charge >= 0.3 is 0 Å². The Morgan fingerprint density at radius 1 is 1.15 bits per heavy atom. The molecule has 2 fully saturated rings. The van der Waals surface area contributed by atoms with Gasteiger partial charge in [-0.15, -0.1) is 0 Å². The molecular weight excluding hydrogens is 250 g/mol. The van der Waals surface area contributed by atoms with Crippen LogP contribution in [-0.2, 0) is 4.79 Å². The fourth-order valence-corrected chi connectivity index (χ4v) is 3.85. The molecule has 4 nitrogen and oxygen atoms in total. The highest BCUT2D eigenvalue weighted by Gasteiger charge is 2.37. The smallest absolute Gasteiger partial charge is 0.226 e. The van der Waals surface area contributed by atoms with Crippen molar-refractivity contribution in [1.29, 1.82) is 0 Å². The lowest BCUT2D eigenvalue weighted by Crippen LogP contribution is -2.50. The number of piperidine rings is 1. The van der Waals surface area contributed by atoms with Gasteiger partial charge in [0.25, 0.3) is 0 Å². The van der Waals surface area contributed by atoms with Gasteiger partial charge in [-0.05, 0) is 57.7 Å². The SMILES string of the molecule is CC1CC(C)C(C(=O)N(C)C2CCN(C)CC2)CC1N. The summed E-state index contributed by atoms with van der Waals surface area (Å²) in [6, 6.07) is 0.604. The molecule has 0 aromatic rings. The first kappa shape index (κ1) is 15.8. The quantitative estimate of drug-likeness (QED) is 0.835. The summed E-state index contributed by atoms with van der Waals surface area (Å²) in [5, 5.41) is 0. The average molecular weight is 281 g/mol. The van der Waals surface area contributed by atoms with Crippen LogP contribution >= 0.6 is 0 Å². The molecule has 0 aromatic heterocycles. The van der Waals surface area contributed by atoms with Gasteiger partial charge in [0.05, 0.1) is 0 Å². The minimum atomic E-state index is 0.130. The molecule has 1 saturated carbocycles. The van der Waals surface area contributed by atoms with Gasteiger partial charge in [-0.25, -0.2) is 0 Å². The van der Waals surface area contributed by atoms with Crippen LogP contribution in [0.2, 0.25) is 0 Å². The first-order chi connectivity index (χ1) is 9.40. The minimum Gasteiger partial charge on any atom is -0.342 e. The van der Waals surface area contributed by atoms with Crippen LogP contribution < -0.4 is 5.73 Å². The van der Waals surface area contributed by atoms with E-state index in [1.54, 1.807) is 0 Å². The van der Waals surface area contributed by atoms with Gasteiger partial charge in [-0.2, -0.15) is 0 Å². The summed E-state index contributed by atoms with van der Waals surface area (Å²) in [4.78, 5) is 17.2. The lowest BCUT2D eigenvalue weighted by Gasteiger charge is -2.41. The van der Waals surface area contributed by atoms with Crippen LogP contribution in [0.4, 0.5) is 0 Å². The van der Waals surface area contributed by atoms with Crippen molar-refractivity contribution in [1.82, 2.24) is 9.80 Å². The zero-order chi connectivity index (χ0) is 14.9. The number of rotatable bonds is 2. The van der Waals surface area contributed by atoms with Crippen LogP contribution in [0.5, 0.6) is 0 Å². The fraction of sp³-hybridized carbons (Fsp3) is 0.938. The molecule has 4 atom stereocenters. The molecule has 2 N–H and O–H groups in total. The molecule has 116 valence electrons. The molecule has 0 spiro atoms. The van der Waals surface area contributed by atoms with E-state index in [0.717, 1.165) is 38.8 Å². The number of likely N-dealkylation sites (tertiary alicyclic amines) is 1. The molecule has 4 heteroatoms. The number of hydrogen-bond donors (Lipinski definition) is 1. The van der Waals surface area contributed by atoms with Gasteiger partial charge in [-0.1, -0.05) is 13.8 Å². The van der Waals surface area contributed by atoms with Crippen molar-refractivity contribution in [3.8, 4) is 0 Å².